The lowest BCUT2D eigenvalue weighted by Crippen LogP contribution is -2.30. The van der Waals surface area contributed by atoms with E-state index in [1.165, 1.54) is 5.56 Å². The second-order valence-corrected chi connectivity index (χ2v) is 6.03. The highest BCUT2D eigenvalue weighted by molar-refractivity contribution is 5.77. The third kappa shape index (κ3) is 3.08. The van der Waals surface area contributed by atoms with Crippen molar-refractivity contribution >= 4 is 10.9 Å². The van der Waals surface area contributed by atoms with Crippen molar-refractivity contribution in [2.45, 2.75) is 25.9 Å². The largest absolute Gasteiger partial charge is 0.298 e. The number of benzene rings is 1. The van der Waals surface area contributed by atoms with Crippen molar-refractivity contribution < 1.29 is 0 Å². The molecule has 0 saturated carbocycles. The Labute approximate surface area is 141 Å². The molecule has 0 bridgehead atoms. The summed E-state index contributed by atoms with van der Waals surface area (Å²) in [6.45, 7) is 2.77. The van der Waals surface area contributed by atoms with Crippen LogP contribution in [0.15, 0.2) is 53.6 Å². The van der Waals surface area contributed by atoms with Crippen molar-refractivity contribution in [1.29, 1.82) is 0 Å². The topological polar surface area (TPSA) is 51.0 Å². The van der Waals surface area contributed by atoms with Gasteiger partial charge in [0.1, 0.15) is 5.82 Å². The van der Waals surface area contributed by atoms with E-state index in [4.69, 9.17) is 4.98 Å². The molecule has 2 aromatic heterocycles. The molecule has 5 nitrogen and oxygen atoms in total. The van der Waals surface area contributed by atoms with Crippen LogP contribution in [0, 0.1) is 0 Å². The minimum Gasteiger partial charge on any atom is -0.298 e. The van der Waals surface area contributed by atoms with Crippen molar-refractivity contribution in [2.75, 3.05) is 7.05 Å². The van der Waals surface area contributed by atoms with Crippen LogP contribution in [-0.4, -0.2) is 26.5 Å². The molecule has 24 heavy (non-hydrogen) atoms. The van der Waals surface area contributed by atoms with E-state index in [1.807, 2.05) is 48.8 Å². The summed E-state index contributed by atoms with van der Waals surface area (Å²) in [6, 6.07) is 11.8. The highest BCUT2D eigenvalue weighted by Gasteiger charge is 2.17. The number of rotatable bonds is 5. The molecule has 0 amide bonds. The molecular weight excluding hydrogens is 300 g/mol. The van der Waals surface area contributed by atoms with Gasteiger partial charge in [-0.2, -0.15) is 0 Å². The molecular formula is C19H22N4O. The zero-order valence-corrected chi connectivity index (χ0v) is 14.3. The summed E-state index contributed by atoms with van der Waals surface area (Å²) in [4.78, 5) is 23.5. The fourth-order valence-electron chi connectivity index (χ4n) is 3.13. The molecule has 0 radical (unpaired) electrons. The number of para-hydroxylation sites is 1. The number of hydrogen-bond acceptors (Lipinski definition) is 4. The predicted molar refractivity (Wildman–Crippen MR) is 95.7 cm³/mol. The molecule has 124 valence electrons. The van der Waals surface area contributed by atoms with Crippen LogP contribution < -0.4 is 5.56 Å². The van der Waals surface area contributed by atoms with Crippen LogP contribution in [0.1, 0.15) is 30.8 Å². The van der Waals surface area contributed by atoms with Gasteiger partial charge in [0.2, 0.25) is 0 Å². The first kappa shape index (κ1) is 16.3. The Kier molecular flexibility index (Phi) is 4.71. The number of hydrogen-bond donors (Lipinski definition) is 0. The Morgan fingerprint density at radius 3 is 2.58 bits per heavy atom. The molecule has 0 aliphatic rings. The minimum absolute atomic E-state index is 0.000889. The first-order valence-electron chi connectivity index (χ1n) is 8.16. The van der Waals surface area contributed by atoms with Crippen molar-refractivity contribution in [1.82, 2.24) is 19.4 Å². The molecule has 1 atom stereocenters. The maximum absolute atomic E-state index is 12.5. The predicted octanol–water partition coefficient (Wildman–Crippen LogP) is 2.91. The lowest BCUT2D eigenvalue weighted by atomic mass is 10.0. The van der Waals surface area contributed by atoms with E-state index in [0.717, 1.165) is 17.8 Å². The zero-order chi connectivity index (χ0) is 17.1. The molecule has 0 aliphatic carbocycles. The van der Waals surface area contributed by atoms with Crippen LogP contribution in [0.4, 0.5) is 0 Å². The molecule has 0 aliphatic heterocycles. The summed E-state index contributed by atoms with van der Waals surface area (Å²) in [6.07, 6.45) is 4.60. The van der Waals surface area contributed by atoms with E-state index >= 15 is 0 Å². The number of aromatic nitrogens is 3. The molecule has 1 unspecified atom stereocenters. The van der Waals surface area contributed by atoms with Crippen molar-refractivity contribution in [3.63, 3.8) is 0 Å². The molecule has 0 spiro atoms. The maximum atomic E-state index is 12.5. The Morgan fingerprint density at radius 1 is 1.17 bits per heavy atom. The molecule has 3 rings (SSSR count). The minimum atomic E-state index is 0.000889. The average molecular weight is 322 g/mol. The molecule has 0 saturated heterocycles. The Bertz CT molecular complexity index is 889. The summed E-state index contributed by atoms with van der Waals surface area (Å²) in [5.41, 5.74) is 1.97. The monoisotopic (exact) mass is 322 g/mol. The fourth-order valence-corrected chi connectivity index (χ4v) is 3.13. The van der Waals surface area contributed by atoms with Crippen LogP contribution in [-0.2, 0) is 13.6 Å². The van der Waals surface area contributed by atoms with Crippen LogP contribution in [0.25, 0.3) is 10.9 Å². The quantitative estimate of drug-likeness (QED) is 0.725. The summed E-state index contributed by atoms with van der Waals surface area (Å²) in [5, 5.41) is 0.660. The summed E-state index contributed by atoms with van der Waals surface area (Å²) in [7, 11) is 3.86. The van der Waals surface area contributed by atoms with E-state index in [0.29, 0.717) is 11.9 Å². The Balaban J connectivity index is 1.94. The van der Waals surface area contributed by atoms with Crippen LogP contribution >= 0.6 is 0 Å². The number of nitrogens with zero attached hydrogens (tertiary/aromatic N) is 4. The van der Waals surface area contributed by atoms with Crippen molar-refractivity contribution in [2.24, 2.45) is 7.05 Å². The number of fused-ring (bicyclic) bond motifs is 1. The SMILES string of the molecule is CCC(c1ccncc1)N(C)Cc1nc2ccccc2c(=O)n1C. The highest BCUT2D eigenvalue weighted by Crippen LogP contribution is 2.23. The van der Waals surface area contributed by atoms with Gasteiger partial charge in [0.25, 0.3) is 5.56 Å². The zero-order valence-electron chi connectivity index (χ0n) is 14.3. The van der Waals surface area contributed by atoms with Crippen LogP contribution in [0.3, 0.4) is 0 Å². The van der Waals surface area contributed by atoms with Gasteiger partial charge in [-0.1, -0.05) is 19.1 Å². The first-order chi connectivity index (χ1) is 11.6. The average Bonchev–Trinajstić information content (AvgIpc) is 2.61. The smallest absolute Gasteiger partial charge is 0.261 e. The second kappa shape index (κ2) is 6.93. The molecule has 0 N–H and O–H groups in total. The lowest BCUT2D eigenvalue weighted by Gasteiger charge is -2.27. The van der Waals surface area contributed by atoms with Crippen molar-refractivity contribution in [3.8, 4) is 0 Å². The second-order valence-electron chi connectivity index (χ2n) is 6.03. The maximum Gasteiger partial charge on any atom is 0.261 e. The first-order valence-corrected chi connectivity index (χ1v) is 8.16. The fraction of sp³-hybridized carbons (Fsp3) is 0.316. The number of pyridine rings is 1. The summed E-state index contributed by atoms with van der Waals surface area (Å²) < 4.78 is 1.65. The van der Waals surface area contributed by atoms with Crippen LogP contribution in [0.5, 0.6) is 0 Å². The molecule has 3 aromatic rings. The van der Waals surface area contributed by atoms with Gasteiger partial charge < -0.3 is 0 Å². The molecule has 5 heteroatoms. The standard InChI is InChI=1S/C19H22N4O/c1-4-17(14-9-11-20-12-10-14)22(2)13-18-21-16-8-6-5-7-15(16)19(24)23(18)3/h5-12,17H,4,13H2,1-3H3. The van der Waals surface area contributed by atoms with Gasteiger partial charge in [-0.05, 0) is 43.3 Å². The van der Waals surface area contributed by atoms with Gasteiger partial charge in [0, 0.05) is 25.5 Å². The molecule has 1 aromatic carbocycles. The van der Waals surface area contributed by atoms with Gasteiger partial charge in [-0.25, -0.2) is 4.98 Å². The highest BCUT2D eigenvalue weighted by atomic mass is 16.1. The van der Waals surface area contributed by atoms with Gasteiger partial charge in [-0.15, -0.1) is 0 Å². The normalized spacial score (nSPS) is 12.7. The Hall–Kier alpha value is -2.53. The van der Waals surface area contributed by atoms with E-state index in [1.54, 1.807) is 11.6 Å². The van der Waals surface area contributed by atoms with Crippen LogP contribution in [0.2, 0.25) is 0 Å². The third-order valence-corrected chi connectivity index (χ3v) is 4.48. The molecule has 2 heterocycles. The van der Waals surface area contributed by atoms with E-state index in [-0.39, 0.29) is 11.6 Å². The van der Waals surface area contributed by atoms with Gasteiger partial charge in [0.15, 0.2) is 0 Å². The lowest BCUT2D eigenvalue weighted by molar-refractivity contribution is 0.222. The van der Waals surface area contributed by atoms with E-state index < -0.39 is 0 Å². The van der Waals surface area contributed by atoms with E-state index in [9.17, 15) is 4.79 Å². The molecule has 0 fully saturated rings. The Morgan fingerprint density at radius 2 is 1.88 bits per heavy atom. The van der Waals surface area contributed by atoms with E-state index in [2.05, 4.69) is 23.9 Å². The van der Waals surface area contributed by atoms with Crippen molar-refractivity contribution in [3.05, 3.63) is 70.5 Å². The van der Waals surface area contributed by atoms with Gasteiger partial charge in [0.05, 0.1) is 17.4 Å². The summed E-state index contributed by atoms with van der Waals surface area (Å²) in [5.74, 6) is 0.772. The van der Waals surface area contributed by atoms with Gasteiger partial charge in [-0.3, -0.25) is 19.2 Å². The third-order valence-electron chi connectivity index (χ3n) is 4.48. The summed E-state index contributed by atoms with van der Waals surface area (Å²) >= 11 is 0. The van der Waals surface area contributed by atoms with Gasteiger partial charge >= 0.3 is 0 Å².